The van der Waals surface area contributed by atoms with Gasteiger partial charge in [-0.25, -0.2) is 13.4 Å². The van der Waals surface area contributed by atoms with Crippen LogP contribution in [0.3, 0.4) is 0 Å². The van der Waals surface area contributed by atoms with Crippen molar-refractivity contribution in [2.24, 2.45) is 0 Å². The van der Waals surface area contributed by atoms with Crippen LogP contribution in [0.25, 0.3) is 10.9 Å². The van der Waals surface area contributed by atoms with Crippen molar-refractivity contribution in [1.82, 2.24) is 4.98 Å². The second-order valence-corrected chi connectivity index (χ2v) is 8.20. The van der Waals surface area contributed by atoms with Crippen LogP contribution in [0.5, 0.6) is 0 Å². The van der Waals surface area contributed by atoms with Crippen molar-refractivity contribution in [1.29, 1.82) is 0 Å². The molecule has 3 rings (SSSR count). The zero-order valence-electron chi connectivity index (χ0n) is 12.3. The lowest BCUT2D eigenvalue weighted by atomic mass is 10.1. The van der Waals surface area contributed by atoms with Gasteiger partial charge in [-0.3, -0.25) is 0 Å². The van der Waals surface area contributed by atoms with Gasteiger partial charge in [-0.2, -0.15) is 13.2 Å². The number of sulfone groups is 1. The van der Waals surface area contributed by atoms with E-state index in [0.29, 0.717) is 11.1 Å². The molecule has 0 aliphatic carbocycles. The summed E-state index contributed by atoms with van der Waals surface area (Å²) in [5, 5.41) is -0.0236. The number of fused-ring (bicyclic) bond motifs is 1. The topological polar surface area (TPSA) is 50.3 Å². The van der Waals surface area contributed by atoms with Gasteiger partial charge < -0.3 is 4.90 Å². The average molecular weight is 344 g/mol. The molecule has 0 N–H and O–H groups in total. The molecule has 0 spiro atoms. The van der Waals surface area contributed by atoms with Crippen LogP contribution in [0, 0.1) is 0 Å². The normalized spacial score (nSPS) is 21.6. The number of aromatic nitrogens is 1. The molecule has 2 heterocycles. The lowest BCUT2D eigenvalue weighted by Gasteiger charge is -2.33. The molecule has 1 aliphatic heterocycles. The molecule has 1 fully saturated rings. The smallest absolute Gasteiger partial charge is 0.369 e. The predicted molar refractivity (Wildman–Crippen MR) is 82.2 cm³/mol. The largest absolute Gasteiger partial charge is 0.433 e. The van der Waals surface area contributed by atoms with E-state index in [4.69, 9.17) is 0 Å². The Balaban J connectivity index is 2.13. The highest BCUT2D eigenvalue weighted by molar-refractivity contribution is 7.92. The number of halogens is 3. The van der Waals surface area contributed by atoms with E-state index >= 15 is 0 Å². The predicted octanol–water partition coefficient (Wildman–Crippen LogP) is 2.88. The van der Waals surface area contributed by atoms with Gasteiger partial charge >= 0.3 is 6.18 Å². The summed E-state index contributed by atoms with van der Waals surface area (Å²) < 4.78 is 62.9. The molecule has 1 aliphatic rings. The van der Waals surface area contributed by atoms with Gasteiger partial charge in [-0.15, -0.1) is 0 Å². The molecule has 1 aromatic heterocycles. The number of rotatable bonds is 1. The van der Waals surface area contributed by atoms with Crippen LogP contribution in [0.15, 0.2) is 30.3 Å². The molecule has 4 nitrogen and oxygen atoms in total. The zero-order chi connectivity index (χ0) is 16.8. The van der Waals surface area contributed by atoms with Crippen LogP contribution < -0.4 is 4.90 Å². The van der Waals surface area contributed by atoms with Crippen LogP contribution in [-0.4, -0.2) is 37.5 Å². The lowest BCUT2D eigenvalue weighted by molar-refractivity contribution is -0.140. The van der Waals surface area contributed by atoms with Crippen molar-refractivity contribution in [3.63, 3.8) is 0 Å². The summed E-state index contributed by atoms with van der Waals surface area (Å²) in [6, 6.07) is 7.59. The molecule has 0 unspecified atom stereocenters. The molecule has 0 saturated carbocycles. The number of para-hydroxylation sites is 1. The summed E-state index contributed by atoms with van der Waals surface area (Å²) in [6.07, 6.45) is -4.55. The van der Waals surface area contributed by atoms with E-state index in [2.05, 4.69) is 4.98 Å². The van der Waals surface area contributed by atoms with Gasteiger partial charge in [0, 0.05) is 24.2 Å². The SMILES string of the molecule is C[C@H]1CN(c2cc(C(F)(F)F)nc3ccccc23)CCS1(=O)=O. The maximum Gasteiger partial charge on any atom is 0.433 e. The van der Waals surface area contributed by atoms with Crippen LogP contribution in [-0.2, 0) is 16.0 Å². The highest BCUT2D eigenvalue weighted by Crippen LogP contribution is 2.35. The Hall–Kier alpha value is -1.83. The minimum Gasteiger partial charge on any atom is -0.369 e. The van der Waals surface area contributed by atoms with Crippen molar-refractivity contribution in [2.45, 2.75) is 18.3 Å². The quantitative estimate of drug-likeness (QED) is 0.798. The van der Waals surface area contributed by atoms with Crippen molar-refractivity contribution in [3.05, 3.63) is 36.0 Å². The van der Waals surface area contributed by atoms with Crippen molar-refractivity contribution in [2.75, 3.05) is 23.7 Å². The van der Waals surface area contributed by atoms with Gasteiger partial charge in [0.15, 0.2) is 9.84 Å². The number of benzene rings is 1. The first-order valence-electron chi connectivity index (χ1n) is 7.12. The van der Waals surface area contributed by atoms with E-state index in [9.17, 15) is 21.6 Å². The first-order chi connectivity index (χ1) is 10.7. The first-order valence-corrected chi connectivity index (χ1v) is 8.83. The Morgan fingerprint density at radius 3 is 2.61 bits per heavy atom. The van der Waals surface area contributed by atoms with Gasteiger partial charge in [-0.1, -0.05) is 18.2 Å². The van der Waals surface area contributed by atoms with Crippen molar-refractivity contribution in [3.8, 4) is 0 Å². The third-order valence-electron chi connectivity index (χ3n) is 4.06. The van der Waals surface area contributed by atoms with Gasteiger partial charge in [0.2, 0.25) is 0 Å². The third-order valence-corrected chi connectivity index (χ3v) is 6.19. The number of pyridine rings is 1. The summed E-state index contributed by atoms with van der Waals surface area (Å²) in [5.74, 6) is -0.0633. The highest BCUT2D eigenvalue weighted by Gasteiger charge is 2.35. The van der Waals surface area contributed by atoms with E-state index in [-0.39, 0.29) is 24.4 Å². The Bertz CT molecular complexity index is 849. The Morgan fingerprint density at radius 1 is 1.26 bits per heavy atom. The van der Waals surface area contributed by atoms with Crippen LogP contribution in [0.2, 0.25) is 0 Å². The van der Waals surface area contributed by atoms with E-state index in [1.54, 1.807) is 30.0 Å². The second-order valence-electron chi connectivity index (χ2n) is 5.67. The molecule has 8 heteroatoms. The number of nitrogens with zero attached hydrogens (tertiary/aromatic N) is 2. The van der Waals surface area contributed by atoms with Gasteiger partial charge in [0.05, 0.1) is 16.5 Å². The molecule has 0 amide bonds. The molecule has 23 heavy (non-hydrogen) atoms. The van der Waals surface area contributed by atoms with E-state index in [0.717, 1.165) is 6.07 Å². The third kappa shape index (κ3) is 2.99. The average Bonchev–Trinajstić information content (AvgIpc) is 2.48. The summed E-state index contributed by atoms with van der Waals surface area (Å²) in [4.78, 5) is 5.38. The summed E-state index contributed by atoms with van der Waals surface area (Å²) >= 11 is 0. The maximum absolute atomic E-state index is 13.1. The summed E-state index contributed by atoms with van der Waals surface area (Å²) in [5.41, 5.74) is -0.338. The number of hydrogen-bond donors (Lipinski definition) is 0. The van der Waals surface area contributed by atoms with Crippen LogP contribution in [0.4, 0.5) is 18.9 Å². The Labute approximate surface area is 131 Å². The van der Waals surface area contributed by atoms with Crippen LogP contribution >= 0.6 is 0 Å². The van der Waals surface area contributed by atoms with Crippen molar-refractivity contribution >= 4 is 26.4 Å². The molecule has 1 saturated heterocycles. The molecule has 2 aromatic rings. The monoisotopic (exact) mass is 344 g/mol. The molecular weight excluding hydrogens is 329 g/mol. The standard InChI is InChI=1S/C15H15F3N2O2S/c1-10-9-20(6-7-23(10,21)22)13-8-14(15(16,17)18)19-12-5-3-2-4-11(12)13/h2-5,8,10H,6-7,9H2,1H3/t10-/m0/s1. The summed E-state index contributed by atoms with van der Waals surface area (Å²) in [7, 11) is -3.17. The fourth-order valence-electron chi connectivity index (χ4n) is 2.74. The van der Waals surface area contributed by atoms with Crippen LogP contribution in [0.1, 0.15) is 12.6 Å². The first kappa shape index (κ1) is 16.0. The fraction of sp³-hybridized carbons (Fsp3) is 0.400. The second kappa shape index (κ2) is 5.36. The molecule has 1 atom stereocenters. The minimum absolute atomic E-state index is 0.0633. The van der Waals surface area contributed by atoms with E-state index in [1.165, 1.54) is 6.07 Å². The van der Waals surface area contributed by atoms with E-state index in [1.807, 2.05) is 0 Å². The highest BCUT2D eigenvalue weighted by atomic mass is 32.2. The number of anilines is 1. The lowest BCUT2D eigenvalue weighted by Crippen LogP contribution is -2.45. The van der Waals surface area contributed by atoms with Gasteiger partial charge in [-0.05, 0) is 19.1 Å². The molecule has 0 radical (unpaired) electrons. The fourth-order valence-corrected chi connectivity index (χ4v) is 4.02. The van der Waals surface area contributed by atoms with Gasteiger partial charge in [0.25, 0.3) is 0 Å². The summed E-state index contributed by atoms with van der Waals surface area (Å²) in [6.45, 7) is 1.93. The van der Waals surface area contributed by atoms with Crippen molar-refractivity contribution < 1.29 is 21.6 Å². The zero-order valence-corrected chi connectivity index (χ0v) is 13.2. The molecule has 0 bridgehead atoms. The number of hydrogen-bond acceptors (Lipinski definition) is 4. The minimum atomic E-state index is -4.55. The Morgan fingerprint density at radius 2 is 1.96 bits per heavy atom. The Kier molecular flexibility index (Phi) is 3.74. The maximum atomic E-state index is 13.1. The molecular formula is C15H15F3N2O2S. The molecule has 124 valence electrons. The molecule has 1 aromatic carbocycles. The van der Waals surface area contributed by atoms with Gasteiger partial charge in [0.1, 0.15) is 5.69 Å². The van der Waals surface area contributed by atoms with E-state index < -0.39 is 27.0 Å². The number of alkyl halides is 3.